The predicted molar refractivity (Wildman–Crippen MR) is 76.8 cm³/mol. The van der Waals surface area contributed by atoms with Crippen LogP contribution < -0.4 is 5.32 Å². The fourth-order valence-electron chi connectivity index (χ4n) is 2.29. The first kappa shape index (κ1) is 13.2. The monoisotopic (exact) mass is 245 g/mol. The molecule has 0 aliphatic rings. The van der Waals surface area contributed by atoms with E-state index in [4.69, 9.17) is 4.42 Å². The van der Waals surface area contributed by atoms with Crippen LogP contribution in [0.15, 0.2) is 34.7 Å². The number of benzene rings is 1. The molecule has 1 aromatic carbocycles. The van der Waals surface area contributed by atoms with Gasteiger partial charge in [-0.1, -0.05) is 51.8 Å². The van der Waals surface area contributed by atoms with Gasteiger partial charge in [0.25, 0.3) is 0 Å². The molecule has 1 N–H and O–H groups in total. The number of furan rings is 1. The fourth-order valence-corrected chi connectivity index (χ4v) is 2.29. The molecule has 0 radical (unpaired) electrons. The Labute approximate surface area is 109 Å². The fraction of sp³-hybridized carbons (Fsp3) is 0.500. The third-order valence-electron chi connectivity index (χ3n) is 3.17. The molecule has 0 saturated carbocycles. The minimum atomic E-state index is 0.331. The van der Waals surface area contributed by atoms with Crippen molar-refractivity contribution in [2.75, 3.05) is 0 Å². The van der Waals surface area contributed by atoms with Gasteiger partial charge in [-0.3, -0.25) is 0 Å². The van der Waals surface area contributed by atoms with Crippen LogP contribution in [0.25, 0.3) is 11.0 Å². The van der Waals surface area contributed by atoms with Gasteiger partial charge in [-0.05, 0) is 18.6 Å². The zero-order valence-electron chi connectivity index (χ0n) is 11.6. The first-order valence-corrected chi connectivity index (χ1v) is 6.95. The normalized spacial score (nSPS) is 13.3. The van der Waals surface area contributed by atoms with Crippen LogP contribution in [0.5, 0.6) is 0 Å². The Morgan fingerprint density at radius 2 is 2.00 bits per heavy atom. The van der Waals surface area contributed by atoms with E-state index >= 15 is 0 Å². The molecule has 2 nitrogen and oxygen atoms in total. The van der Waals surface area contributed by atoms with Crippen molar-refractivity contribution in [2.24, 2.45) is 0 Å². The molecular weight excluding hydrogens is 222 g/mol. The molecule has 1 unspecified atom stereocenters. The van der Waals surface area contributed by atoms with Crippen molar-refractivity contribution in [3.05, 3.63) is 36.1 Å². The minimum absolute atomic E-state index is 0.331. The lowest BCUT2D eigenvalue weighted by atomic mass is 10.1. The van der Waals surface area contributed by atoms with Crippen molar-refractivity contribution < 1.29 is 4.42 Å². The highest BCUT2D eigenvalue weighted by Crippen LogP contribution is 2.27. The van der Waals surface area contributed by atoms with Crippen molar-refractivity contribution in [1.82, 2.24) is 5.32 Å². The van der Waals surface area contributed by atoms with Crippen LogP contribution in [0.2, 0.25) is 0 Å². The van der Waals surface area contributed by atoms with E-state index in [0.29, 0.717) is 12.1 Å². The molecule has 2 aromatic rings. The zero-order chi connectivity index (χ0) is 13.0. The molecule has 0 fully saturated rings. The highest BCUT2D eigenvalue weighted by molar-refractivity contribution is 5.77. The first-order chi connectivity index (χ1) is 8.70. The van der Waals surface area contributed by atoms with Crippen molar-refractivity contribution >= 4 is 11.0 Å². The average Bonchev–Trinajstić information content (AvgIpc) is 2.77. The van der Waals surface area contributed by atoms with E-state index < -0.39 is 0 Å². The molecule has 1 atom stereocenters. The first-order valence-electron chi connectivity index (χ1n) is 6.95. The van der Waals surface area contributed by atoms with Crippen molar-refractivity contribution in [3.63, 3.8) is 0 Å². The highest BCUT2D eigenvalue weighted by Gasteiger charge is 2.16. The molecule has 0 bridgehead atoms. The van der Waals surface area contributed by atoms with E-state index in [1.165, 1.54) is 18.2 Å². The van der Waals surface area contributed by atoms with Gasteiger partial charge in [0.2, 0.25) is 0 Å². The number of nitrogens with one attached hydrogen (secondary N) is 1. The van der Waals surface area contributed by atoms with Gasteiger partial charge in [-0.2, -0.15) is 0 Å². The number of para-hydroxylation sites is 1. The van der Waals surface area contributed by atoms with E-state index in [9.17, 15) is 0 Å². The number of unbranched alkanes of at least 4 members (excludes halogenated alkanes) is 1. The summed E-state index contributed by atoms with van der Waals surface area (Å²) in [7, 11) is 0. The second kappa shape index (κ2) is 6.05. The Morgan fingerprint density at radius 3 is 2.67 bits per heavy atom. The van der Waals surface area contributed by atoms with Crippen LogP contribution >= 0.6 is 0 Å². The summed E-state index contributed by atoms with van der Waals surface area (Å²) in [5, 5.41) is 4.79. The van der Waals surface area contributed by atoms with Gasteiger partial charge < -0.3 is 9.73 Å². The third kappa shape index (κ3) is 3.14. The maximum Gasteiger partial charge on any atom is 0.134 e. The molecular formula is C16H23NO. The van der Waals surface area contributed by atoms with Gasteiger partial charge >= 0.3 is 0 Å². The van der Waals surface area contributed by atoms with Crippen LogP contribution in [0, 0.1) is 0 Å². The van der Waals surface area contributed by atoms with Crippen molar-refractivity contribution in [2.45, 2.75) is 52.1 Å². The summed E-state index contributed by atoms with van der Waals surface area (Å²) < 4.78 is 5.97. The third-order valence-corrected chi connectivity index (χ3v) is 3.17. The Morgan fingerprint density at radius 1 is 1.22 bits per heavy atom. The van der Waals surface area contributed by atoms with Crippen LogP contribution in [-0.4, -0.2) is 6.04 Å². The minimum Gasteiger partial charge on any atom is -0.459 e. The summed E-state index contributed by atoms with van der Waals surface area (Å²) >= 11 is 0. The van der Waals surface area contributed by atoms with E-state index in [-0.39, 0.29) is 0 Å². The molecule has 18 heavy (non-hydrogen) atoms. The van der Waals surface area contributed by atoms with E-state index in [1.54, 1.807) is 0 Å². The Hall–Kier alpha value is -1.28. The molecule has 0 spiro atoms. The van der Waals surface area contributed by atoms with Gasteiger partial charge in [0.15, 0.2) is 0 Å². The molecule has 0 aliphatic carbocycles. The number of rotatable bonds is 6. The summed E-state index contributed by atoms with van der Waals surface area (Å²) in [6.07, 6.45) is 3.58. The van der Waals surface area contributed by atoms with E-state index in [0.717, 1.165) is 17.8 Å². The SMILES string of the molecule is CCCCC(NC(C)C)c1cc2ccccc2o1. The van der Waals surface area contributed by atoms with E-state index in [1.807, 2.05) is 12.1 Å². The summed E-state index contributed by atoms with van der Waals surface area (Å²) in [6.45, 7) is 6.59. The Bertz CT molecular complexity index is 454. The molecule has 0 aliphatic heterocycles. The van der Waals surface area contributed by atoms with Gasteiger partial charge in [0.05, 0.1) is 6.04 Å². The van der Waals surface area contributed by atoms with Gasteiger partial charge in [0, 0.05) is 11.4 Å². The molecule has 98 valence electrons. The quantitative estimate of drug-likeness (QED) is 0.800. The number of fused-ring (bicyclic) bond motifs is 1. The van der Waals surface area contributed by atoms with Gasteiger partial charge in [-0.15, -0.1) is 0 Å². The zero-order valence-corrected chi connectivity index (χ0v) is 11.6. The van der Waals surface area contributed by atoms with Crippen LogP contribution in [0.4, 0.5) is 0 Å². The lowest BCUT2D eigenvalue weighted by Crippen LogP contribution is -2.27. The molecule has 2 rings (SSSR count). The Kier molecular flexibility index (Phi) is 4.43. The van der Waals surface area contributed by atoms with Crippen molar-refractivity contribution in [1.29, 1.82) is 0 Å². The second-order valence-electron chi connectivity index (χ2n) is 5.20. The average molecular weight is 245 g/mol. The summed E-state index contributed by atoms with van der Waals surface area (Å²) in [4.78, 5) is 0. The Balaban J connectivity index is 2.22. The summed E-state index contributed by atoms with van der Waals surface area (Å²) in [5.41, 5.74) is 0.986. The highest BCUT2D eigenvalue weighted by atomic mass is 16.3. The van der Waals surface area contributed by atoms with Crippen LogP contribution in [0.3, 0.4) is 0 Å². The molecule has 0 amide bonds. The standard InChI is InChI=1S/C16H23NO/c1-4-5-9-14(17-12(2)3)16-11-13-8-6-7-10-15(13)18-16/h6-8,10-12,14,17H,4-5,9H2,1-3H3. The molecule has 1 heterocycles. The molecule has 2 heteroatoms. The lowest BCUT2D eigenvalue weighted by Gasteiger charge is -2.18. The second-order valence-corrected chi connectivity index (χ2v) is 5.20. The van der Waals surface area contributed by atoms with Crippen LogP contribution in [0.1, 0.15) is 51.8 Å². The van der Waals surface area contributed by atoms with Crippen molar-refractivity contribution in [3.8, 4) is 0 Å². The molecule has 0 saturated heterocycles. The topological polar surface area (TPSA) is 25.2 Å². The van der Waals surface area contributed by atoms with Gasteiger partial charge in [-0.25, -0.2) is 0 Å². The molecule has 1 aromatic heterocycles. The summed E-state index contributed by atoms with van der Waals surface area (Å²) in [6, 6.07) is 11.2. The number of hydrogen-bond donors (Lipinski definition) is 1. The van der Waals surface area contributed by atoms with Crippen LogP contribution in [-0.2, 0) is 0 Å². The van der Waals surface area contributed by atoms with E-state index in [2.05, 4.69) is 44.3 Å². The largest absolute Gasteiger partial charge is 0.459 e. The smallest absolute Gasteiger partial charge is 0.134 e. The summed E-state index contributed by atoms with van der Waals surface area (Å²) in [5.74, 6) is 1.07. The maximum absolute atomic E-state index is 5.97. The number of hydrogen-bond acceptors (Lipinski definition) is 2. The van der Waals surface area contributed by atoms with Gasteiger partial charge in [0.1, 0.15) is 11.3 Å². The maximum atomic E-state index is 5.97. The lowest BCUT2D eigenvalue weighted by molar-refractivity contribution is 0.377. The predicted octanol–water partition coefficient (Wildman–Crippen LogP) is 4.66.